The summed E-state index contributed by atoms with van der Waals surface area (Å²) in [5, 5.41) is 4.42. The zero-order chi connectivity index (χ0) is 14.4. The first-order valence-corrected chi connectivity index (χ1v) is 8.48. The summed E-state index contributed by atoms with van der Waals surface area (Å²) < 4.78 is 0. The Morgan fingerprint density at radius 1 is 1.38 bits per heavy atom. The highest BCUT2D eigenvalue weighted by Gasteiger charge is 2.14. The Bertz CT molecular complexity index is 433. The number of fused-ring (bicyclic) bond motifs is 1. The highest BCUT2D eigenvalue weighted by atomic mass is 127. The van der Waals surface area contributed by atoms with E-state index in [1.807, 2.05) is 11.3 Å². The van der Waals surface area contributed by atoms with Crippen LogP contribution in [0.4, 0.5) is 0 Å². The summed E-state index contributed by atoms with van der Waals surface area (Å²) in [5.41, 5.74) is 7.19. The first kappa shape index (κ1) is 18.7. The molecule has 0 saturated carbocycles. The summed E-state index contributed by atoms with van der Waals surface area (Å²) in [4.78, 5) is 10.6. The second-order valence-corrected chi connectivity index (χ2v) is 6.98. The third kappa shape index (κ3) is 6.50. The molecule has 0 fully saturated rings. The minimum absolute atomic E-state index is 0. The molecule has 4 nitrogen and oxygen atoms in total. The van der Waals surface area contributed by atoms with Gasteiger partial charge in [0.05, 0.1) is 10.7 Å². The summed E-state index contributed by atoms with van der Waals surface area (Å²) in [6, 6.07) is 0. The van der Waals surface area contributed by atoms with Crippen molar-refractivity contribution in [3.8, 4) is 0 Å². The van der Waals surface area contributed by atoms with Crippen molar-refractivity contribution in [2.24, 2.45) is 16.6 Å². The van der Waals surface area contributed by atoms with Gasteiger partial charge in [-0.3, -0.25) is 4.99 Å². The quantitative estimate of drug-likeness (QED) is 0.421. The average Bonchev–Trinajstić information content (AvgIpc) is 2.80. The maximum Gasteiger partial charge on any atom is 0.188 e. The fraction of sp³-hybridized carbons (Fsp3) is 0.733. The summed E-state index contributed by atoms with van der Waals surface area (Å²) in [5.74, 6) is 1.24. The number of thiazole rings is 1. The van der Waals surface area contributed by atoms with Crippen LogP contribution in [0.25, 0.3) is 0 Å². The lowest BCUT2D eigenvalue weighted by molar-refractivity contribution is 0.595. The molecule has 0 spiro atoms. The number of rotatable bonds is 6. The molecule has 0 radical (unpaired) electrons. The van der Waals surface area contributed by atoms with Crippen molar-refractivity contribution >= 4 is 41.3 Å². The van der Waals surface area contributed by atoms with Crippen molar-refractivity contribution in [2.45, 2.75) is 52.4 Å². The second kappa shape index (κ2) is 9.61. The lowest BCUT2D eigenvalue weighted by Gasteiger charge is -2.06. The highest BCUT2D eigenvalue weighted by molar-refractivity contribution is 14.0. The van der Waals surface area contributed by atoms with Crippen LogP contribution in [0, 0.1) is 5.92 Å². The molecule has 1 heterocycles. The van der Waals surface area contributed by atoms with Crippen molar-refractivity contribution in [2.75, 3.05) is 13.1 Å². The maximum absolute atomic E-state index is 5.84. The van der Waals surface area contributed by atoms with Gasteiger partial charge >= 0.3 is 0 Å². The molecular formula is C15H27IN4S. The molecule has 0 atom stereocenters. The van der Waals surface area contributed by atoms with Gasteiger partial charge in [-0.05, 0) is 38.0 Å². The first-order valence-electron chi connectivity index (χ1n) is 7.66. The van der Waals surface area contributed by atoms with Gasteiger partial charge in [0.2, 0.25) is 0 Å². The third-order valence-electron chi connectivity index (χ3n) is 3.52. The number of guanidine groups is 1. The van der Waals surface area contributed by atoms with Crippen LogP contribution >= 0.6 is 35.3 Å². The van der Waals surface area contributed by atoms with Crippen LogP contribution in [0.5, 0.6) is 0 Å². The molecule has 0 amide bonds. The van der Waals surface area contributed by atoms with E-state index >= 15 is 0 Å². The van der Waals surface area contributed by atoms with E-state index in [1.165, 1.54) is 34.8 Å². The van der Waals surface area contributed by atoms with Crippen molar-refractivity contribution in [3.05, 3.63) is 15.6 Å². The van der Waals surface area contributed by atoms with Crippen LogP contribution in [-0.4, -0.2) is 24.0 Å². The van der Waals surface area contributed by atoms with Crippen molar-refractivity contribution in [1.82, 2.24) is 10.3 Å². The van der Waals surface area contributed by atoms with Gasteiger partial charge < -0.3 is 11.1 Å². The SMILES string of the molecule is CC(C)CCN=C(N)NCCc1nc2c(s1)CCCC2.I. The van der Waals surface area contributed by atoms with E-state index in [4.69, 9.17) is 10.7 Å². The Morgan fingerprint density at radius 3 is 2.86 bits per heavy atom. The summed E-state index contributed by atoms with van der Waals surface area (Å²) in [7, 11) is 0. The minimum atomic E-state index is 0. The van der Waals surface area contributed by atoms with Gasteiger partial charge in [0.1, 0.15) is 0 Å². The fourth-order valence-corrected chi connectivity index (χ4v) is 3.47. The topological polar surface area (TPSA) is 63.3 Å². The van der Waals surface area contributed by atoms with E-state index in [-0.39, 0.29) is 24.0 Å². The summed E-state index contributed by atoms with van der Waals surface area (Å²) >= 11 is 1.88. The van der Waals surface area contributed by atoms with Crippen LogP contribution < -0.4 is 11.1 Å². The Morgan fingerprint density at radius 2 is 2.14 bits per heavy atom. The number of nitrogens with one attached hydrogen (secondary N) is 1. The molecule has 1 aromatic rings. The predicted molar refractivity (Wildman–Crippen MR) is 102 cm³/mol. The van der Waals surface area contributed by atoms with Gasteiger partial charge in [-0.15, -0.1) is 35.3 Å². The first-order chi connectivity index (χ1) is 9.65. The number of aryl methyl sites for hydroxylation is 2. The molecule has 21 heavy (non-hydrogen) atoms. The van der Waals surface area contributed by atoms with Gasteiger partial charge in [0, 0.05) is 24.4 Å². The van der Waals surface area contributed by atoms with E-state index in [9.17, 15) is 0 Å². The van der Waals surface area contributed by atoms with Gasteiger partial charge in [-0.25, -0.2) is 4.98 Å². The van der Waals surface area contributed by atoms with E-state index in [0.717, 1.165) is 32.4 Å². The van der Waals surface area contributed by atoms with Crippen LogP contribution in [0.3, 0.4) is 0 Å². The molecule has 2 rings (SSSR count). The number of nitrogens with two attached hydrogens (primary N) is 1. The van der Waals surface area contributed by atoms with Gasteiger partial charge in [0.25, 0.3) is 0 Å². The van der Waals surface area contributed by atoms with Gasteiger partial charge in [-0.1, -0.05) is 13.8 Å². The van der Waals surface area contributed by atoms with Gasteiger partial charge in [0.15, 0.2) is 5.96 Å². The average molecular weight is 422 g/mol. The van der Waals surface area contributed by atoms with Crippen molar-refractivity contribution in [3.63, 3.8) is 0 Å². The molecule has 3 N–H and O–H groups in total. The zero-order valence-corrected chi connectivity index (χ0v) is 16.2. The van der Waals surface area contributed by atoms with Crippen LogP contribution in [0.15, 0.2) is 4.99 Å². The molecule has 0 unspecified atom stereocenters. The number of aliphatic imine (C=N–C) groups is 1. The van der Waals surface area contributed by atoms with E-state index in [2.05, 4.69) is 24.2 Å². The Kier molecular flexibility index (Phi) is 8.55. The zero-order valence-electron chi connectivity index (χ0n) is 13.0. The Balaban J connectivity index is 0.00000220. The number of hydrogen-bond donors (Lipinski definition) is 2. The molecule has 1 aromatic heterocycles. The third-order valence-corrected chi connectivity index (χ3v) is 4.74. The van der Waals surface area contributed by atoms with Crippen LogP contribution in [0.2, 0.25) is 0 Å². The molecule has 1 aliphatic carbocycles. The summed E-state index contributed by atoms with van der Waals surface area (Å²) in [6.07, 6.45) is 7.03. The monoisotopic (exact) mass is 422 g/mol. The molecule has 0 bridgehead atoms. The largest absolute Gasteiger partial charge is 0.370 e. The minimum Gasteiger partial charge on any atom is -0.370 e. The second-order valence-electron chi connectivity index (χ2n) is 5.81. The molecule has 0 aliphatic heterocycles. The fourth-order valence-electron chi connectivity index (χ4n) is 2.31. The van der Waals surface area contributed by atoms with Crippen molar-refractivity contribution in [1.29, 1.82) is 0 Å². The maximum atomic E-state index is 5.84. The van der Waals surface area contributed by atoms with E-state index < -0.39 is 0 Å². The molecule has 0 aromatic carbocycles. The normalized spacial score (nSPS) is 14.7. The lowest BCUT2D eigenvalue weighted by atomic mass is 10.0. The Hall–Kier alpha value is -0.370. The van der Waals surface area contributed by atoms with E-state index in [1.54, 1.807) is 0 Å². The molecule has 1 aliphatic rings. The molecule has 120 valence electrons. The number of nitrogens with zero attached hydrogens (tertiary/aromatic N) is 2. The standard InChI is InChI=1S/C15H26N4S.HI/c1-11(2)7-9-17-15(16)18-10-8-14-19-12-5-3-4-6-13(12)20-14;/h11H,3-10H2,1-2H3,(H3,16,17,18);1H. The Labute approximate surface area is 149 Å². The molecule has 0 saturated heterocycles. The van der Waals surface area contributed by atoms with Crippen molar-refractivity contribution < 1.29 is 0 Å². The predicted octanol–water partition coefficient (Wildman–Crippen LogP) is 3.13. The highest BCUT2D eigenvalue weighted by Crippen LogP contribution is 2.26. The molecule has 6 heteroatoms. The molecular weight excluding hydrogens is 395 g/mol. The lowest BCUT2D eigenvalue weighted by Crippen LogP contribution is -2.33. The van der Waals surface area contributed by atoms with Crippen LogP contribution in [-0.2, 0) is 19.3 Å². The number of aromatic nitrogens is 1. The van der Waals surface area contributed by atoms with Crippen LogP contribution in [0.1, 0.15) is 48.7 Å². The summed E-state index contributed by atoms with van der Waals surface area (Å²) in [6.45, 7) is 6.03. The van der Waals surface area contributed by atoms with E-state index in [0.29, 0.717) is 11.9 Å². The smallest absolute Gasteiger partial charge is 0.188 e. The number of hydrogen-bond acceptors (Lipinski definition) is 3. The van der Waals surface area contributed by atoms with Gasteiger partial charge in [-0.2, -0.15) is 0 Å². The number of halogens is 1.